The molecule has 0 spiro atoms. The molecule has 0 bridgehead atoms. The molecule has 0 fully saturated rings. The molecule has 0 aliphatic rings. The van der Waals surface area contributed by atoms with Gasteiger partial charge in [-0.2, -0.15) is 5.26 Å². The van der Waals surface area contributed by atoms with E-state index in [1.54, 1.807) is 0 Å². The van der Waals surface area contributed by atoms with E-state index in [4.69, 9.17) is 5.26 Å². The van der Waals surface area contributed by atoms with Crippen LogP contribution in [0.5, 0.6) is 0 Å². The third kappa shape index (κ3) is 3.32. The molecule has 0 saturated carbocycles. The van der Waals surface area contributed by atoms with Crippen LogP contribution in [0.3, 0.4) is 0 Å². The Morgan fingerprint density at radius 1 is 0.889 bits per heavy atom. The van der Waals surface area contributed by atoms with Crippen LogP contribution >= 0.6 is 31.9 Å². The number of hydrogen-bond acceptors (Lipinski definition) is 1. The average molecular weight is 363 g/mol. The molecular weight excluding hydrogens is 354 g/mol. The SMILES string of the molecule is N#Cc1cc(Br)ccc1/C=C/c1ccc(Br)cc1. The summed E-state index contributed by atoms with van der Waals surface area (Å²) in [4.78, 5) is 0. The van der Waals surface area contributed by atoms with Crippen LogP contribution in [0.1, 0.15) is 16.7 Å². The van der Waals surface area contributed by atoms with E-state index in [-0.39, 0.29) is 0 Å². The minimum absolute atomic E-state index is 0.665. The molecule has 0 atom stereocenters. The maximum Gasteiger partial charge on any atom is 0.0998 e. The summed E-state index contributed by atoms with van der Waals surface area (Å²) in [6.07, 6.45) is 3.95. The Bertz CT molecular complexity index is 622. The second-order valence-electron chi connectivity index (χ2n) is 3.73. The molecule has 0 saturated heterocycles. The van der Waals surface area contributed by atoms with Crippen LogP contribution in [0.25, 0.3) is 12.2 Å². The van der Waals surface area contributed by atoms with Crippen LogP contribution in [0, 0.1) is 11.3 Å². The van der Waals surface area contributed by atoms with E-state index in [2.05, 4.69) is 37.9 Å². The molecule has 2 aromatic carbocycles. The maximum absolute atomic E-state index is 9.07. The molecule has 2 aromatic rings. The van der Waals surface area contributed by atoms with Crippen LogP contribution in [0.4, 0.5) is 0 Å². The van der Waals surface area contributed by atoms with Crippen molar-refractivity contribution in [2.24, 2.45) is 0 Å². The zero-order chi connectivity index (χ0) is 13.0. The van der Waals surface area contributed by atoms with E-state index in [1.165, 1.54) is 0 Å². The van der Waals surface area contributed by atoms with Gasteiger partial charge in [0.05, 0.1) is 11.6 Å². The molecule has 0 radical (unpaired) electrons. The van der Waals surface area contributed by atoms with Gasteiger partial charge < -0.3 is 0 Å². The number of halogens is 2. The van der Waals surface area contributed by atoms with E-state index >= 15 is 0 Å². The average Bonchev–Trinajstić information content (AvgIpc) is 2.39. The molecule has 0 heterocycles. The highest BCUT2D eigenvalue weighted by molar-refractivity contribution is 9.10. The van der Waals surface area contributed by atoms with Gasteiger partial charge in [0.2, 0.25) is 0 Å². The Balaban J connectivity index is 2.29. The molecule has 0 N–H and O–H groups in total. The van der Waals surface area contributed by atoms with E-state index < -0.39 is 0 Å². The van der Waals surface area contributed by atoms with Gasteiger partial charge in [-0.15, -0.1) is 0 Å². The van der Waals surface area contributed by atoms with E-state index in [0.717, 1.165) is 20.1 Å². The summed E-state index contributed by atoms with van der Waals surface area (Å²) < 4.78 is 1.97. The molecule has 0 unspecified atom stereocenters. The number of hydrogen-bond donors (Lipinski definition) is 0. The quantitative estimate of drug-likeness (QED) is 0.669. The predicted molar refractivity (Wildman–Crippen MR) is 81.9 cm³/mol. The zero-order valence-electron chi connectivity index (χ0n) is 9.40. The maximum atomic E-state index is 9.07. The fourth-order valence-electron chi connectivity index (χ4n) is 1.53. The first kappa shape index (κ1) is 13.1. The number of nitrogens with zero attached hydrogens (tertiary/aromatic N) is 1. The fourth-order valence-corrected chi connectivity index (χ4v) is 2.16. The lowest BCUT2D eigenvalue weighted by Crippen LogP contribution is -1.81. The van der Waals surface area contributed by atoms with Gasteiger partial charge in [0.1, 0.15) is 0 Å². The molecule has 1 nitrogen and oxygen atoms in total. The Morgan fingerprint density at radius 3 is 2.22 bits per heavy atom. The normalized spacial score (nSPS) is 10.5. The smallest absolute Gasteiger partial charge is 0.0998 e. The first-order valence-electron chi connectivity index (χ1n) is 5.32. The first-order valence-corrected chi connectivity index (χ1v) is 6.91. The molecule has 0 amide bonds. The number of benzene rings is 2. The number of nitriles is 1. The van der Waals surface area contributed by atoms with E-state index in [0.29, 0.717) is 5.56 Å². The molecule has 3 heteroatoms. The summed E-state index contributed by atoms with van der Waals surface area (Å²) in [6, 6.07) is 15.9. The summed E-state index contributed by atoms with van der Waals surface area (Å²) in [6.45, 7) is 0. The van der Waals surface area contributed by atoms with Crippen LogP contribution in [-0.2, 0) is 0 Å². The predicted octanol–water partition coefficient (Wildman–Crippen LogP) is 5.25. The third-order valence-electron chi connectivity index (χ3n) is 2.46. The molecule has 2 rings (SSSR count). The van der Waals surface area contributed by atoms with Crippen molar-refractivity contribution in [3.8, 4) is 6.07 Å². The van der Waals surface area contributed by atoms with Crippen molar-refractivity contribution in [2.75, 3.05) is 0 Å². The highest BCUT2D eigenvalue weighted by Gasteiger charge is 1.99. The zero-order valence-corrected chi connectivity index (χ0v) is 12.6. The standard InChI is InChI=1S/C15H9Br2N/c16-14-6-2-11(3-7-14)1-4-12-5-8-15(17)9-13(12)10-18/h1-9H/b4-1+. The first-order chi connectivity index (χ1) is 8.69. The molecule has 0 aliphatic heterocycles. The second-order valence-corrected chi connectivity index (χ2v) is 5.56. The molecule has 0 aliphatic carbocycles. The summed E-state index contributed by atoms with van der Waals surface area (Å²) >= 11 is 6.76. The highest BCUT2D eigenvalue weighted by Crippen LogP contribution is 2.19. The summed E-state index contributed by atoms with van der Waals surface area (Å²) in [5.74, 6) is 0. The lowest BCUT2D eigenvalue weighted by Gasteiger charge is -1.99. The second kappa shape index (κ2) is 5.99. The van der Waals surface area contributed by atoms with Crippen molar-refractivity contribution in [2.45, 2.75) is 0 Å². The van der Waals surface area contributed by atoms with Crippen molar-refractivity contribution in [1.82, 2.24) is 0 Å². The highest BCUT2D eigenvalue weighted by atomic mass is 79.9. The monoisotopic (exact) mass is 361 g/mol. The van der Waals surface area contributed by atoms with Crippen molar-refractivity contribution in [3.63, 3.8) is 0 Å². The van der Waals surface area contributed by atoms with Crippen LogP contribution < -0.4 is 0 Å². The van der Waals surface area contributed by atoms with Gasteiger partial charge in [-0.25, -0.2) is 0 Å². The topological polar surface area (TPSA) is 23.8 Å². The van der Waals surface area contributed by atoms with Gasteiger partial charge in [-0.1, -0.05) is 62.2 Å². The van der Waals surface area contributed by atoms with Gasteiger partial charge in [0.15, 0.2) is 0 Å². The Kier molecular flexibility index (Phi) is 4.35. The van der Waals surface area contributed by atoms with Crippen molar-refractivity contribution < 1.29 is 0 Å². The van der Waals surface area contributed by atoms with E-state index in [9.17, 15) is 0 Å². The molecule has 0 aromatic heterocycles. The van der Waals surface area contributed by atoms with Gasteiger partial charge in [0.25, 0.3) is 0 Å². The van der Waals surface area contributed by atoms with Crippen LogP contribution in [0.15, 0.2) is 51.4 Å². The Labute approximate surface area is 123 Å². The minimum atomic E-state index is 0.665. The largest absolute Gasteiger partial charge is 0.192 e. The lowest BCUT2D eigenvalue weighted by molar-refractivity contribution is 1.46. The summed E-state index contributed by atoms with van der Waals surface area (Å²) in [5, 5.41) is 9.07. The van der Waals surface area contributed by atoms with E-state index in [1.807, 2.05) is 54.6 Å². The van der Waals surface area contributed by atoms with Crippen LogP contribution in [-0.4, -0.2) is 0 Å². The Morgan fingerprint density at radius 2 is 1.56 bits per heavy atom. The number of rotatable bonds is 2. The van der Waals surface area contributed by atoms with Crippen molar-refractivity contribution in [3.05, 3.63) is 68.1 Å². The van der Waals surface area contributed by atoms with Gasteiger partial charge in [0, 0.05) is 8.95 Å². The Hall–Kier alpha value is -1.37. The molecular formula is C15H9Br2N. The van der Waals surface area contributed by atoms with Crippen molar-refractivity contribution >= 4 is 44.0 Å². The van der Waals surface area contributed by atoms with Crippen molar-refractivity contribution in [1.29, 1.82) is 5.26 Å². The minimum Gasteiger partial charge on any atom is -0.192 e. The van der Waals surface area contributed by atoms with Gasteiger partial charge >= 0.3 is 0 Å². The van der Waals surface area contributed by atoms with Crippen LogP contribution in [0.2, 0.25) is 0 Å². The fraction of sp³-hybridized carbons (Fsp3) is 0. The lowest BCUT2D eigenvalue weighted by atomic mass is 10.1. The summed E-state index contributed by atoms with van der Waals surface area (Å²) in [5.41, 5.74) is 2.69. The molecule has 88 valence electrons. The summed E-state index contributed by atoms with van der Waals surface area (Å²) in [7, 11) is 0. The third-order valence-corrected chi connectivity index (χ3v) is 3.48. The van der Waals surface area contributed by atoms with Gasteiger partial charge in [-0.3, -0.25) is 0 Å². The molecule has 18 heavy (non-hydrogen) atoms. The van der Waals surface area contributed by atoms with Gasteiger partial charge in [-0.05, 0) is 35.4 Å².